The van der Waals surface area contributed by atoms with E-state index >= 15 is 0 Å². The zero-order valence-electron chi connectivity index (χ0n) is 11.5. The number of rotatable bonds is 5. The number of ether oxygens (including phenoxy) is 1. The highest BCUT2D eigenvalue weighted by atomic mass is 32.1. The lowest BCUT2D eigenvalue weighted by Gasteiger charge is -2.07. The molecule has 0 saturated carbocycles. The fourth-order valence-corrected chi connectivity index (χ4v) is 2.73. The average Bonchev–Trinajstić information content (AvgIpc) is 3.01. The molecule has 8 nitrogen and oxygen atoms in total. The van der Waals surface area contributed by atoms with Crippen LogP contribution in [0.1, 0.15) is 16.1 Å². The van der Waals surface area contributed by atoms with Gasteiger partial charge in [0.05, 0.1) is 16.2 Å². The zero-order chi connectivity index (χ0) is 16.4. The second-order valence-electron chi connectivity index (χ2n) is 4.53. The normalized spacial score (nSPS) is 10.6. The molecule has 0 unspecified atom stereocenters. The first-order valence-electron chi connectivity index (χ1n) is 6.40. The molecule has 0 amide bonds. The van der Waals surface area contributed by atoms with Crippen LogP contribution in [0.15, 0.2) is 40.6 Å². The summed E-state index contributed by atoms with van der Waals surface area (Å²) in [4.78, 5) is 37.8. The standard InChI is InChI=1S/C14H9N3O5S/c18-7-9-5-11(17(20)21)1-2-12(9)22-8-10-6-13(19)16-3-4-23-14(16)15-10/h1-7H,8H2. The lowest BCUT2D eigenvalue weighted by molar-refractivity contribution is -0.384. The first-order valence-corrected chi connectivity index (χ1v) is 7.28. The molecule has 2 heterocycles. The van der Waals surface area contributed by atoms with Crippen molar-refractivity contribution in [2.75, 3.05) is 0 Å². The van der Waals surface area contributed by atoms with Crippen molar-refractivity contribution in [1.29, 1.82) is 0 Å². The molecule has 0 bridgehead atoms. The maximum absolute atomic E-state index is 11.9. The van der Waals surface area contributed by atoms with Crippen LogP contribution in [0.3, 0.4) is 0 Å². The van der Waals surface area contributed by atoms with Gasteiger partial charge in [-0.15, -0.1) is 11.3 Å². The van der Waals surface area contributed by atoms with Gasteiger partial charge in [0.25, 0.3) is 11.2 Å². The number of fused-ring (bicyclic) bond motifs is 1. The van der Waals surface area contributed by atoms with Crippen molar-refractivity contribution in [2.24, 2.45) is 0 Å². The average molecular weight is 331 g/mol. The van der Waals surface area contributed by atoms with Crippen LogP contribution in [0, 0.1) is 10.1 Å². The molecule has 0 saturated heterocycles. The van der Waals surface area contributed by atoms with E-state index in [9.17, 15) is 19.7 Å². The van der Waals surface area contributed by atoms with Crippen molar-refractivity contribution in [3.05, 3.63) is 67.6 Å². The predicted molar refractivity (Wildman–Crippen MR) is 82.2 cm³/mol. The molecule has 9 heteroatoms. The Kier molecular flexibility index (Phi) is 3.85. The molecule has 23 heavy (non-hydrogen) atoms. The van der Waals surface area contributed by atoms with Gasteiger partial charge in [0.15, 0.2) is 11.2 Å². The Balaban J connectivity index is 1.85. The second-order valence-corrected chi connectivity index (χ2v) is 5.40. The minimum absolute atomic E-state index is 0.0255. The van der Waals surface area contributed by atoms with Crippen molar-refractivity contribution in [3.63, 3.8) is 0 Å². The number of hydrogen-bond donors (Lipinski definition) is 0. The number of benzene rings is 1. The molecule has 3 aromatic rings. The summed E-state index contributed by atoms with van der Waals surface area (Å²) in [5, 5.41) is 12.4. The summed E-state index contributed by atoms with van der Waals surface area (Å²) in [6.45, 7) is -0.0255. The summed E-state index contributed by atoms with van der Waals surface area (Å²) in [6.07, 6.45) is 2.11. The SMILES string of the molecule is O=Cc1cc([N+](=O)[O-])ccc1OCc1cc(=O)n2ccsc2n1. The predicted octanol–water partition coefficient (Wildman–Crippen LogP) is 2.06. The van der Waals surface area contributed by atoms with Crippen LogP contribution in [-0.2, 0) is 6.61 Å². The minimum atomic E-state index is -0.593. The van der Waals surface area contributed by atoms with Gasteiger partial charge in [0.2, 0.25) is 0 Å². The van der Waals surface area contributed by atoms with Crippen LogP contribution in [0.4, 0.5) is 5.69 Å². The lowest BCUT2D eigenvalue weighted by atomic mass is 10.2. The summed E-state index contributed by atoms with van der Waals surface area (Å²) in [6, 6.07) is 5.06. The molecule has 0 aliphatic heterocycles. The van der Waals surface area contributed by atoms with Gasteiger partial charge >= 0.3 is 0 Å². The molecule has 0 atom stereocenters. The Hall–Kier alpha value is -3.07. The summed E-state index contributed by atoms with van der Waals surface area (Å²) in [7, 11) is 0. The molecule has 0 N–H and O–H groups in total. The molecule has 116 valence electrons. The fourth-order valence-electron chi connectivity index (χ4n) is 1.99. The van der Waals surface area contributed by atoms with E-state index in [1.165, 1.54) is 33.9 Å². The monoisotopic (exact) mass is 331 g/mol. The van der Waals surface area contributed by atoms with E-state index in [2.05, 4.69) is 4.98 Å². The molecule has 0 aliphatic carbocycles. The van der Waals surface area contributed by atoms with Crippen molar-refractivity contribution >= 4 is 28.3 Å². The number of hydrogen-bond acceptors (Lipinski definition) is 7. The summed E-state index contributed by atoms with van der Waals surface area (Å²) >= 11 is 1.32. The number of aromatic nitrogens is 2. The van der Waals surface area contributed by atoms with Crippen molar-refractivity contribution in [1.82, 2.24) is 9.38 Å². The largest absolute Gasteiger partial charge is 0.487 e. The van der Waals surface area contributed by atoms with Gasteiger partial charge in [0, 0.05) is 29.8 Å². The van der Waals surface area contributed by atoms with E-state index < -0.39 is 4.92 Å². The third kappa shape index (κ3) is 2.94. The number of aldehydes is 1. The Labute approximate surface area is 132 Å². The molecule has 0 radical (unpaired) electrons. The lowest BCUT2D eigenvalue weighted by Crippen LogP contribution is -2.14. The topological polar surface area (TPSA) is 104 Å². The van der Waals surface area contributed by atoms with E-state index in [0.29, 0.717) is 16.9 Å². The summed E-state index contributed by atoms with van der Waals surface area (Å²) in [5.74, 6) is 0.193. The quantitative estimate of drug-likeness (QED) is 0.403. The third-order valence-electron chi connectivity index (χ3n) is 3.06. The second kappa shape index (κ2) is 5.97. The molecule has 0 aliphatic rings. The number of carbonyl (C=O) groups excluding carboxylic acids is 1. The van der Waals surface area contributed by atoms with Gasteiger partial charge in [0.1, 0.15) is 12.4 Å². The van der Waals surface area contributed by atoms with Crippen LogP contribution in [0.25, 0.3) is 4.96 Å². The van der Waals surface area contributed by atoms with Crippen molar-refractivity contribution in [2.45, 2.75) is 6.61 Å². The minimum Gasteiger partial charge on any atom is -0.487 e. The maximum Gasteiger partial charge on any atom is 0.270 e. The molecule has 0 spiro atoms. The van der Waals surface area contributed by atoms with Crippen LogP contribution < -0.4 is 10.3 Å². The Morgan fingerprint density at radius 3 is 2.96 bits per heavy atom. The Bertz CT molecular complexity index is 962. The Morgan fingerprint density at radius 2 is 2.22 bits per heavy atom. The summed E-state index contributed by atoms with van der Waals surface area (Å²) < 4.78 is 6.88. The van der Waals surface area contributed by atoms with Gasteiger partial charge in [-0.1, -0.05) is 0 Å². The zero-order valence-corrected chi connectivity index (χ0v) is 12.4. The van der Waals surface area contributed by atoms with Crippen LogP contribution in [-0.4, -0.2) is 20.6 Å². The van der Waals surface area contributed by atoms with E-state index in [0.717, 1.165) is 6.07 Å². The number of nitro benzene ring substituents is 1. The van der Waals surface area contributed by atoms with E-state index in [4.69, 9.17) is 4.74 Å². The number of nitro groups is 1. The molecule has 1 aromatic carbocycles. The van der Waals surface area contributed by atoms with Gasteiger partial charge in [-0.2, -0.15) is 0 Å². The van der Waals surface area contributed by atoms with Crippen molar-refractivity contribution in [3.8, 4) is 5.75 Å². The molecular weight excluding hydrogens is 322 g/mol. The summed E-state index contributed by atoms with van der Waals surface area (Å²) in [5.41, 5.74) is 0.0470. The number of carbonyl (C=O) groups is 1. The molecule has 0 fully saturated rings. The molecular formula is C14H9N3O5S. The number of nitrogens with zero attached hydrogens (tertiary/aromatic N) is 3. The number of non-ortho nitro benzene ring substituents is 1. The van der Waals surface area contributed by atoms with E-state index in [-0.39, 0.29) is 29.2 Å². The van der Waals surface area contributed by atoms with Gasteiger partial charge in [-0.05, 0) is 6.07 Å². The highest BCUT2D eigenvalue weighted by Gasteiger charge is 2.12. The maximum atomic E-state index is 11.9. The smallest absolute Gasteiger partial charge is 0.270 e. The first kappa shape index (κ1) is 14.9. The van der Waals surface area contributed by atoms with Gasteiger partial charge in [-0.25, -0.2) is 4.98 Å². The third-order valence-corrected chi connectivity index (χ3v) is 3.82. The highest BCUT2D eigenvalue weighted by Crippen LogP contribution is 2.23. The van der Waals surface area contributed by atoms with Crippen LogP contribution >= 0.6 is 11.3 Å². The highest BCUT2D eigenvalue weighted by molar-refractivity contribution is 7.15. The molecule has 2 aromatic heterocycles. The van der Waals surface area contributed by atoms with Crippen LogP contribution in [0.2, 0.25) is 0 Å². The first-order chi connectivity index (χ1) is 11.1. The van der Waals surface area contributed by atoms with Crippen LogP contribution in [0.5, 0.6) is 5.75 Å². The number of thiazole rings is 1. The van der Waals surface area contributed by atoms with E-state index in [1.54, 1.807) is 11.6 Å². The fraction of sp³-hybridized carbons (Fsp3) is 0.0714. The van der Waals surface area contributed by atoms with E-state index in [1.807, 2.05) is 0 Å². The van der Waals surface area contributed by atoms with Gasteiger partial charge in [-0.3, -0.25) is 24.1 Å². The van der Waals surface area contributed by atoms with Crippen molar-refractivity contribution < 1.29 is 14.5 Å². The van der Waals surface area contributed by atoms with Gasteiger partial charge < -0.3 is 4.74 Å². The Morgan fingerprint density at radius 1 is 1.39 bits per heavy atom. The molecule has 3 rings (SSSR count).